The van der Waals surface area contributed by atoms with E-state index in [1.54, 1.807) is 26.1 Å². The van der Waals surface area contributed by atoms with Crippen LogP contribution < -0.4 is 5.14 Å². The van der Waals surface area contributed by atoms with Gasteiger partial charge in [0.15, 0.2) is 0 Å². The van der Waals surface area contributed by atoms with Crippen molar-refractivity contribution in [1.29, 1.82) is 0 Å². The van der Waals surface area contributed by atoms with Crippen molar-refractivity contribution in [2.75, 3.05) is 0 Å². The Labute approximate surface area is 136 Å². The molecule has 2 N–H and O–H groups in total. The van der Waals surface area contributed by atoms with Gasteiger partial charge < -0.3 is 4.52 Å². The molecule has 120 valence electrons. The Morgan fingerprint density at radius 2 is 1.91 bits per heavy atom. The number of sulfonamides is 1. The predicted octanol–water partition coefficient (Wildman–Crippen LogP) is 1.75. The first-order chi connectivity index (χ1) is 10.8. The maximum absolute atomic E-state index is 11.3. The van der Waals surface area contributed by atoms with Gasteiger partial charge in [-0.25, -0.2) is 13.6 Å². The third-order valence-corrected chi connectivity index (χ3v) is 4.60. The van der Waals surface area contributed by atoms with Crippen LogP contribution in [-0.4, -0.2) is 28.3 Å². The maximum Gasteiger partial charge on any atom is 0.263 e. The van der Waals surface area contributed by atoms with Crippen LogP contribution >= 0.6 is 11.6 Å². The van der Waals surface area contributed by atoms with Gasteiger partial charge in [0.1, 0.15) is 5.15 Å². The highest BCUT2D eigenvalue weighted by Crippen LogP contribution is 2.30. The van der Waals surface area contributed by atoms with Gasteiger partial charge in [-0.1, -0.05) is 16.8 Å². The van der Waals surface area contributed by atoms with E-state index in [0.717, 1.165) is 0 Å². The quantitative estimate of drug-likeness (QED) is 0.766. The number of halogens is 1. The summed E-state index contributed by atoms with van der Waals surface area (Å²) < 4.78 is 29.2. The molecule has 3 aromatic rings. The second-order valence-electron chi connectivity index (χ2n) is 4.87. The number of benzene rings is 1. The van der Waals surface area contributed by atoms with E-state index in [9.17, 15) is 8.42 Å². The third-order valence-electron chi connectivity index (χ3n) is 3.23. The molecule has 0 aliphatic rings. The molecule has 8 nitrogen and oxygen atoms in total. The lowest BCUT2D eigenvalue weighted by Gasteiger charge is -1.98. The molecule has 0 atom stereocenters. The molecule has 23 heavy (non-hydrogen) atoms. The number of aryl methyl sites for hydroxylation is 2. The van der Waals surface area contributed by atoms with Crippen molar-refractivity contribution in [3.8, 4) is 22.8 Å². The summed E-state index contributed by atoms with van der Waals surface area (Å²) in [6, 6.07) is 5.85. The Hall–Kier alpha value is -2.23. The molecule has 0 aliphatic heterocycles. The second-order valence-corrected chi connectivity index (χ2v) is 6.79. The zero-order valence-corrected chi connectivity index (χ0v) is 13.8. The zero-order valence-electron chi connectivity index (χ0n) is 12.2. The highest BCUT2D eigenvalue weighted by Gasteiger charge is 2.20. The number of primary sulfonamides is 1. The van der Waals surface area contributed by atoms with Gasteiger partial charge in [0.25, 0.3) is 5.89 Å². The first-order valence-corrected chi connectivity index (χ1v) is 8.36. The molecule has 10 heteroatoms. The number of hydrogen-bond donors (Lipinski definition) is 1. The minimum Gasteiger partial charge on any atom is -0.333 e. The summed E-state index contributed by atoms with van der Waals surface area (Å²) in [4.78, 5) is 4.29. The monoisotopic (exact) mass is 353 g/mol. The van der Waals surface area contributed by atoms with E-state index in [2.05, 4.69) is 15.2 Å². The first kappa shape index (κ1) is 15.7. The smallest absolute Gasteiger partial charge is 0.263 e. The van der Waals surface area contributed by atoms with Crippen molar-refractivity contribution in [1.82, 2.24) is 19.9 Å². The predicted molar refractivity (Wildman–Crippen MR) is 83.1 cm³/mol. The molecule has 0 aliphatic carbocycles. The number of nitrogens with zero attached hydrogens (tertiary/aromatic N) is 4. The number of aromatic nitrogens is 4. The van der Waals surface area contributed by atoms with Crippen LogP contribution in [0.15, 0.2) is 33.7 Å². The molecule has 0 amide bonds. The van der Waals surface area contributed by atoms with Crippen molar-refractivity contribution in [2.45, 2.75) is 11.8 Å². The summed E-state index contributed by atoms with van der Waals surface area (Å²) in [6.07, 6.45) is 0. The van der Waals surface area contributed by atoms with E-state index >= 15 is 0 Å². The van der Waals surface area contributed by atoms with Crippen molar-refractivity contribution in [3.63, 3.8) is 0 Å². The summed E-state index contributed by atoms with van der Waals surface area (Å²) in [5.74, 6) is 0.548. The van der Waals surface area contributed by atoms with E-state index in [1.807, 2.05) is 0 Å². The van der Waals surface area contributed by atoms with Gasteiger partial charge in [0.2, 0.25) is 15.8 Å². The van der Waals surface area contributed by atoms with Crippen LogP contribution in [0.4, 0.5) is 0 Å². The summed E-state index contributed by atoms with van der Waals surface area (Å²) in [6.45, 7) is 1.78. The van der Waals surface area contributed by atoms with Crippen LogP contribution in [0, 0.1) is 6.92 Å². The van der Waals surface area contributed by atoms with Crippen LogP contribution in [0.5, 0.6) is 0 Å². The molecule has 2 aromatic heterocycles. The Kier molecular flexibility index (Phi) is 3.71. The second kappa shape index (κ2) is 5.44. The van der Waals surface area contributed by atoms with Crippen LogP contribution in [0.2, 0.25) is 5.15 Å². The van der Waals surface area contributed by atoms with E-state index in [-0.39, 0.29) is 10.8 Å². The van der Waals surface area contributed by atoms with Crippen LogP contribution in [0.1, 0.15) is 5.69 Å². The minimum absolute atomic E-state index is 0.0103. The van der Waals surface area contributed by atoms with Crippen LogP contribution in [-0.2, 0) is 17.1 Å². The van der Waals surface area contributed by atoms with Gasteiger partial charge in [0, 0.05) is 12.6 Å². The molecule has 0 bridgehead atoms. The fraction of sp³-hybridized carbons (Fsp3) is 0.154. The Balaban J connectivity index is 1.99. The molecule has 0 saturated heterocycles. The van der Waals surface area contributed by atoms with Crippen molar-refractivity contribution < 1.29 is 12.9 Å². The topological polar surface area (TPSA) is 117 Å². The summed E-state index contributed by atoms with van der Waals surface area (Å²) in [7, 11) is -2.03. The van der Waals surface area contributed by atoms with Gasteiger partial charge >= 0.3 is 0 Å². The fourth-order valence-corrected chi connectivity index (χ4v) is 2.88. The Morgan fingerprint density at radius 3 is 2.43 bits per heavy atom. The molecule has 0 fully saturated rings. The normalized spacial score (nSPS) is 11.8. The SMILES string of the molecule is Cc1nn(C)c(Cl)c1-c1nc(-c2ccc(S(N)(=O)=O)cc2)no1. The largest absolute Gasteiger partial charge is 0.333 e. The summed E-state index contributed by atoms with van der Waals surface area (Å²) in [5.41, 5.74) is 1.82. The van der Waals surface area contributed by atoms with Crippen molar-refractivity contribution >= 4 is 21.6 Å². The van der Waals surface area contributed by atoms with E-state index in [1.165, 1.54) is 16.8 Å². The van der Waals surface area contributed by atoms with Gasteiger partial charge in [-0.2, -0.15) is 10.1 Å². The zero-order chi connectivity index (χ0) is 16.8. The Morgan fingerprint density at radius 1 is 1.26 bits per heavy atom. The van der Waals surface area contributed by atoms with Crippen molar-refractivity contribution in [2.24, 2.45) is 12.2 Å². The average Bonchev–Trinajstić information content (AvgIpc) is 3.04. The summed E-state index contributed by atoms with van der Waals surface area (Å²) in [5, 5.41) is 13.5. The van der Waals surface area contributed by atoms with Crippen molar-refractivity contribution in [3.05, 3.63) is 35.1 Å². The summed E-state index contributed by atoms with van der Waals surface area (Å²) >= 11 is 6.17. The highest BCUT2D eigenvalue weighted by atomic mass is 35.5. The van der Waals surface area contributed by atoms with Gasteiger partial charge in [-0.15, -0.1) is 0 Å². The molecular formula is C13H12ClN5O3S. The van der Waals surface area contributed by atoms with E-state index in [4.69, 9.17) is 21.3 Å². The first-order valence-electron chi connectivity index (χ1n) is 6.44. The minimum atomic E-state index is -3.74. The Bertz CT molecular complexity index is 976. The molecule has 0 radical (unpaired) electrons. The van der Waals surface area contributed by atoms with Crippen LogP contribution in [0.25, 0.3) is 22.8 Å². The molecule has 3 rings (SSSR count). The van der Waals surface area contributed by atoms with E-state index in [0.29, 0.717) is 27.8 Å². The van der Waals surface area contributed by atoms with Gasteiger partial charge in [0.05, 0.1) is 16.2 Å². The van der Waals surface area contributed by atoms with Gasteiger partial charge in [-0.05, 0) is 31.2 Å². The number of rotatable bonds is 3. The van der Waals surface area contributed by atoms with E-state index < -0.39 is 10.0 Å². The maximum atomic E-state index is 11.3. The lowest BCUT2D eigenvalue weighted by molar-refractivity contribution is 0.432. The standard InChI is InChI=1S/C13H12ClN5O3S/c1-7-10(11(14)19(2)17-7)13-16-12(18-22-13)8-3-5-9(6-4-8)23(15,20)21/h3-6H,1-2H3,(H2,15,20,21). The average molecular weight is 354 g/mol. The molecule has 0 spiro atoms. The van der Waals surface area contributed by atoms with Crippen LogP contribution in [0.3, 0.4) is 0 Å². The molecule has 1 aromatic carbocycles. The molecular weight excluding hydrogens is 342 g/mol. The lowest BCUT2D eigenvalue weighted by Crippen LogP contribution is -2.11. The molecule has 0 saturated carbocycles. The highest BCUT2D eigenvalue weighted by molar-refractivity contribution is 7.89. The fourth-order valence-electron chi connectivity index (χ4n) is 2.11. The molecule has 2 heterocycles. The third kappa shape index (κ3) is 2.85. The lowest BCUT2D eigenvalue weighted by atomic mass is 10.2. The molecule has 0 unspecified atom stereocenters. The number of hydrogen-bond acceptors (Lipinski definition) is 6. The number of nitrogens with two attached hydrogens (primary N) is 1. The van der Waals surface area contributed by atoms with Gasteiger partial charge in [-0.3, -0.25) is 4.68 Å².